The third-order valence-corrected chi connectivity index (χ3v) is 3.34. The van der Waals surface area contributed by atoms with E-state index in [2.05, 4.69) is 29.8 Å². The predicted molar refractivity (Wildman–Crippen MR) is 67.3 cm³/mol. The Bertz CT molecular complexity index is 358. The van der Waals surface area contributed by atoms with Gasteiger partial charge < -0.3 is 0 Å². The first kappa shape index (κ1) is 12.4. The van der Waals surface area contributed by atoms with Crippen molar-refractivity contribution < 1.29 is 4.79 Å². The van der Waals surface area contributed by atoms with Crippen molar-refractivity contribution in [2.45, 2.75) is 33.6 Å². The molecule has 0 N–H and O–H groups in total. The second kappa shape index (κ2) is 5.45. The van der Waals surface area contributed by atoms with Crippen LogP contribution in [0.3, 0.4) is 0 Å². The molecule has 0 saturated carbocycles. The Morgan fingerprint density at radius 3 is 2.73 bits per heavy atom. The van der Waals surface area contributed by atoms with Gasteiger partial charge in [-0.3, -0.25) is 4.79 Å². The van der Waals surface area contributed by atoms with E-state index in [1.807, 2.05) is 25.1 Å². The van der Waals surface area contributed by atoms with Crippen LogP contribution in [0.25, 0.3) is 0 Å². The average molecular weight is 269 g/mol. The zero-order valence-electron chi connectivity index (χ0n) is 9.51. The van der Waals surface area contributed by atoms with Crippen LogP contribution in [-0.4, -0.2) is 5.78 Å². The van der Waals surface area contributed by atoms with Crippen LogP contribution >= 0.6 is 15.9 Å². The maximum Gasteiger partial charge on any atom is 0.164 e. The molecule has 15 heavy (non-hydrogen) atoms. The molecule has 0 bridgehead atoms. The number of benzene rings is 1. The number of halogens is 1. The van der Waals surface area contributed by atoms with Crippen LogP contribution in [0.2, 0.25) is 0 Å². The van der Waals surface area contributed by atoms with Gasteiger partial charge in [-0.25, -0.2) is 0 Å². The highest BCUT2D eigenvalue weighted by Crippen LogP contribution is 2.21. The highest BCUT2D eigenvalue weighted by atomic mass is 79.9. The molecule has 1 rings (SSSR count). The van der Waals surface area contributed by atoms with E-state index in [1.54, 1.807) is 0 Å². The van der Waals surface area contributed by atoms with Crippen LogP contribution in [-0.2, 0) is 0 Å². The Labute approximate surface area is 100 Å². The van der Waals surface area contributed by atoms with Gasteiger partial charge in [0.15, 0.2) is 5.78 Å². The van der Waals surface area contributed by atoms with E-state index >= 15 is 0 Å². The molecule has 0 heterocycles. The zero-order chi connectivity index (χ0) is 11.4. The molecule has 1 nitrogen and oxygen atoms in total. The Kier molecular flexibility index (Phi) is 4.52. The van der Waals surface area contributed by atoms with Gasteiger partial charge in [0, 0.05) is 16.5 Å². The molecule has 1 atom stereocenters. The van der Waals surface area contributed by atoms with E-state index < -0.39 is 0 Å². The fraction of sp³-hybridized carbons (Fsp3) is 0.462. The molecule has 0 aliphatic rings. The molecule has 0 aliphatic heterocycles. The van der Waals surface area contributed by atoms with Gasteiger partial charge in [-0.05, 0) is 25.0 Å². The standard InChI is InChI=1S/C13H17BrO/c1-4-9(2)8-13(15)11-7-10(3)5-6-12(11)14/h5-7,9H,4,8H2,1-3H3. The number of hydrogen-bond acceptors (Lipinski definition) is 1. The van der Waals surface area contributed by atoms with Gasteiger partial charge in [-0.1, -0.05) is 47.8 Å². The number of Topliss-reactive ketones (excluding diaryl/α,β-unsaturated/α-hetero) is 1. The molecule has 82 valence electrons. The summed E-state index contributed by atoms with van der Waals surface area (Å²) in [6.07, 6.45) is 1.69. The van der Waals surface area contributed by atoms with Crippen LogP contribution in [0.1, 0.15) is 42.6 Å². The fourth-order valence-electron chi connectivity index (χ4n) is 1.42. The Hall–Kier alpha value is -0.630. The lowest BCUT2D eigenvalue weighted by Gasteiger charge is -2.09. The highest BCUT2D eigenvalue weighted by molar-refractivity contribution is 9.10. The molecular formula is C13H17BrO. The summed E-state index contributed by atoms with van der Waals surface area (Å²) in [6.45, 7) is 6.23. The molecule has 0 fully saturated rings. The smallest absolute Gasteiger partial charge is 0.164 e. The summed E-state index contributed by atoms with van der Waals surface area (Å²) < 4.78 is 0.904. The largest absolute Gasteiger partial charge is 0.294 e. The van der Waals surface area contributed by atoms with Crippen molar-refractivity contribution in [2.75, 3.05) is 0 Å². The molecule has 0 radical (unpaired) electrons. The highest BCUT2D eigenvalue weighted by Gasteiger charge is 2.12. The zero-order valence-corrected chi connectivity index (χ0v) is 11.1. The molecule has 0 saturated heterocycles. The van der Waals surface area contributed by atoms with Crippen LogP contribution in [0, 0.1) is 12.8 Å². The van der Waals surface area contributed by atoms with Gasteiger partial charge in [-0.2, -0.15) is 0 Å². The lowest BCUT2D eigenvalue weighted by Crippen LogP contribution is -2.06. The molecule has 1 aromatic carbocycles. The Morgan fingerprint density at radius 1 is 1.47 bits per heavy atom. The normalized spacial score (nSPS) is 12.5. The molecule has 1 unspecified atom stereocenters. The average Bonchev–Trinajstić information content (AvgIpc) is 2.21. The first-order valence-corrected chi connectivity index (χ1v) is 6.13. The summed E-state index contributed by atoms with van der Waals surface area (Å²) in [5.74, 6) is 0.699. The minimum atomic E-state index is 0.236. The summed E-state index contributed by atoms with van der Waals surface area (Å²) in [7, 11) is 0. The minimum absolute atomic E-state index is 0.236. The monoisotopic (exact) mass is 268 g/mol. The van der Waals surface area contributed by atoms with Gasteiger partial charge in [0.2, 0.25) is 0 Å². The lowest BCUT2D eigenvalue weighted by atomic mass is 9.97. The van der Waals surface area contributed by atoms with E-state index in [1.165, 1.54) is 0 Å². The van der Waals surface area contributed by atoms with Crippen molar-refractivity contribution in [3.8, 4) is 0 Å². The number of rotatable bonds is 4. The van der Waals surface area contributed by atoms with Gasteiger partial charge in [0.1, 0.15) is 0 Å². The van der Waals surface area contributed by atoms with E-state index in [0.717, 1.165) is 22.0 Å². The Balaban J connectivity index is 2.86. The lowest BCUT2D eigenvalue weighted by molar-refractivity contribution is 0.0963. The van der Waals surface area contributed by atoms with E-state index in [4.69, 9.17) is 0 Å². The summed E-state index contributed by atoms with van der Waals surface area (Å²) in [4.78, 5) is 12.0. The van der Waals surface area contributed by atoms with Gasteiger partial charge in [0.05, 0.1) is 0 Å². The van der Waals surface area contributed by atoms with Crippen molar-refractivity contribution in [1.82, 2.24) is 0 Å². The number of ketones is 1. The summed E-state index contributed by atoms with van der Waals surface area (Å²) >= 11 is 3.42. The Morgan fingerprint density at radius 2 is 2.13 bits per heavy atom. The number of carbonyl (C=O) groups is 1. The SMILES string of the molecule is CCC(C)CC(=O)c1cc(C)ccc1Br. The summed E-state index contributed by atoms with van der Waals surface area (Å²) in [6, 6.07) is 5.90. The maximum absolute atomic E-state index is 12.0. The molecule has 0 amide bonds. The topological polar surface area (TPSA) is 17.1 Å². The molecule has 0 aliphatic carbocycles. The van der Waals surface area contributed by atoms with Crippen LogP contribution < -0.4 is 0 Å². The quantitative estimate of drug-likeness (QED) is 0.741. The predicted octanol–water partition coefficient (Wildman–Crippen LogP) is 4.38. The van der Waals surface area contributed by atoms with Crippen LogP contribution in [0.15, 0.2) is 22.7 Å². The minimum Gasteiger partial charge on any atom is -0.294 e. The van der Waals surface area contributed by atoms with Gasteiger partial charge in [0.25, 0.3) is 0 Å². The maximum atomic E-state index is 12.0. The van der Waals surface area contributed by atoms with Gasteiger partial charge >= 0.3 is 0 Å². The van der Waals surface area contributed by atoms with Crippen molar-refractivity contribution >= 4 is 21.7 Å². The second-order valence-corrected chi connectivity index (χ2v) is 4.98. The fourth-order valence-corrected chi connectivity index (χ4v) is 1.89. The van der Waals surface area contributed by atoms with E-state index in [0.29, 0.717) is 12.3 Å². The molecular weight excluding hydrogens is 252 g/mol. The van der Waals surface area contributed by atoms with E-state index in [-0.39, 0.29) is 5.78 Å². The van der Waals surface area contributed by atoms with Crippen molar-refractivity contribution in [3.63, 3.8) is 0 Å². The van der Waals surface area contributed by atoms with Crippen molar-refractivity contribution in [2.24, 2.45) is 5.92 Å². The first-order valence-electron chi connectivity index (χ1n) is 5.34. The second-order valence-electron chi connectivity index (χ2n) is 4.12. The van der Waals surface area contributed by atoms with Crippen LogP contribution in [0.5, 0.6) is 0 Å². The number of carbonyl (C=O) groups excluding carboxylic acids is 1. The van der Waals surface area contributed by atoms with Crippen molar-refractivity contribution in [3.05, 3.63) is 33.8 Å². The summed E-state index contributed by atoms with van der Waals surface area (Å²) in [5.41, 5.74) is 1.95. The molecule has 2 heteroatoms. The third kappa shape index (κ3) is 3.45. The third-order valence-electron chi connectivity index (χ3n) is 2.65. The van der Waals surface area contributed by atoms with Crippen molar-refractivity contribution in [1.29, 1.82) is 0 Å². The van der Waals surface area contributed by atoms with E-state index in [9.17, 15) is 4.79 Å². The molecule has 0 aromatic heterocycles. The van der Waals surface area contributed by atoms with Gasteiger partial charge in [-0.15, -0.1) is 0 Å². The summed E-state index contributed by atoms with van der Waals surface area (Å²) in [5, 5.41) is 0. The molecule has 1 aromatic rings. The van der Waals surface area contributed by atoms with Crippen LogP contribution in [0.4, 0.5) is 0 Å². The number of hydrogen-bond donors (Lipinski definition) is 0. The number of aryl methyl sites for hydroxylation is 1. The first-order chi connectivity index (χ1) is 7.04. The molecule has 0 spiro atoms.